The van der Waals surface area contributed by atoms with Crippen LogP contribution in [-0.2, 0) is 4.79 Å². The maximum Gasteiger partial charge on any atom is 0.257 e. The Hall–Kier alpha value is -3.03. The fraction of sp³-hybridized carbons (Fsp3) is 0.214. The highest BCUT2D eigenvalue weighted by Gasteiger charge is 2.20. The molecule has 8 nitrogen and oxygen atoms in total. The quantitative estimate of drug-likeness (QED) is 0.729. The van der Waals surface area contributed by atoms with Crippen molar-refractivity contribution in [3.05, 3.63) is 35.6 Å². The number of aromatic hydroxyl groups is 2. The summed E-state index contributed by atoms with van der Waals surface area (Å²) in [6, 6.07) is 5.58. The Balaban J connectivity index is 2.02. The number of phenols is 2. The number of nitrogens with zero attached hydrogens (tertiary/aromatic N) is 2. The second-order valence-corrected chi connectivity index (χ2v) is 4.71. The molecule has 0 fully saturated rings. The summed E-state index contributed by atoms with van der Waals surface area (Å²) in [5.41, 5.74) is -0.0902. The van der Waals surface area contributed by atoms with Crippen molar-refractivity contribution >= 4 is 17.6 Å². The summed E-state index contributed by atoms with van der Waals surface area (Å²) in [7, 11) is 1.40. The lowest BCUT2D eigenvalue weighted by atomic mass is 10.1. The van der Waals surface area contributed by atoms with Gasteiger partial charge in [0.25, 0.3) is 5.91 Å². The highest BCUT2D eigenvalue weighted by molar-refractivity contribution is 6.00. The Morgan fingerprint density at radius 2 is 2.09 bits per heavy atom. The van der Waals surface area contributed by atoms with E-state index in [4.69, 9.17) is 4.52 Å². The number of para-hydroxylation sites is 1. The van der Waals surface area contributed by atoms with Crippen molar-refractivity contribution < 1.29 is 24.3 Å². The fourth-order valence-electron chi connectivity index (χ4n) is 1.80. The average Bonchev–Trinajstić information content (AvgIpc) is 2.86. The van der Waals surface area contributed by atoms with E-state index in [0.29, 0.717) is 5.76 Å². The monoisotopic (exact) mass is 305 g/mol. The first kappa shape index (κ1) is 15.4. The molecule has 0 atom stereocenters. The van der Waals surface area contributed by atoms with E-state index in [1.54, 1.807) is 13.0 Å². The lowest BCUT2D eigenvalue weighted by molar-refractivity contribution is -0.116. The van der Waals surface area contributed by atoms with Crippen molar-refractivity contribution in [3.63, 3.8) is 0 Å². The normalized spacial score (nSPS) is 10.3. The topological polar surface area (TPSA) is 116 Å². The van der Waals surface area contributed by atoms with Crippen LogP contribution in [0.3, 0.4) is 0 Å². The molecular formula is C14H15N3O5. The fourth-order valence-corrected chi connectivity index (χ4v) is 1.80. The summed E-state index contributed by atoms with van der Waals surface area (Å²) >= 11 is 0. The number of aromatic nitrogens is 1. The number of phenolic OH excluding ortho intramolecular Hbond substituents is 2. The molecular weight excluding hydrogens is 290 g/mol. The van der Waals surface area contributed by atoms with E-state index in [0.717, 1.165) is 4.90 Å². The molecule has 0 aliphatic rings. The predicted octanol–water partition coefficient (Wildman–Crippen LogP) is 1.10. The van der Waals surface area contributed by atoms with Gasteiger partial charge in [0.05, 0.1) is 12.1 Å². The lowest BCUT2D eigenvalue weighted by Gasteiger charge is -2.17. The molecule has 0 aliphatic heterocycles. The van der Waals surface area contributed by atoms with E-state index in [2.05, 4.69) is 10.5 Å². The zero-order chi connectivity index (χ0) is 16.3. The maximum atomic E-state index is 12.2. The molecule has 0 radical (unpaired) electrons. The first-order valence-corrected chi connectivity index (χ1v) is 6.38. The summed E-state index contributed by atoms with van der Waals surface area (Å²) in [5, 5.41) is 25.1. The van der Waals surface area contributed by atoms with E-state index in [1.165, 1.54) is 25.2 Å². The molecule has 0 bridgehead atoms. The standard InChI is InChI=1S/C14H15N3O5/c1-8-6-11(16-22-8)15-12(19)7-17(2)14(21)9-4-3-5-10(18)13(9)20/h3-6,18,20H,7H2,1-2H3,(H,15,16,19). The van der Waals surface area contributed by atoms with Crippen LogP contribution in [0, 0.1) is 6.92 Å². The van der Waals surface area contributed by atoms with Crippen molar-refractivity contribution in [1.29, 1.82) is 0 Å². The molecule has 0 spiro atoms. The van der Waals surface area contributed by atoms with Crippen LogP contribution in [-0.4, -0.2) is 45.7 Å². The minimum Gasteiger partial charge on any atom is -0.504 e. The van der Waals surface area contributed by atoms with Gasteiger partial charge >= 0.3 is 0 Å². The third-order valence-corrected chi connectivity index (χ3v) is 2.87. The van der Waals surface area contributed by atoms with E-state index in [9.17, 15) is 19.8 Å². The van der Waals surface area contributed by atoms with Gasteiger partial charge in [-0.3, -0.25) is 9.59 Å². The zero-order valence-corrected chi connectivity index (χ0v) is 12.0. The van der Waals surface area contributed by atoms with Crippen molar-refractivity contribution in [1.82, 2.24) is 10.1 Å². The number of anilines is 1. The van der Waals surface area contributed by atoms with Crippen LogP contribution in [0.4, 0.5) is 5.82 Å². The molecule has 1 aromatic heterocycles. The van der Waals surface area contributed by atoms with Crippen molar-refractivity contribution in [2.75, 3.05) is 18.9 Å². The average molecular weight is 305 g/mol. The first-order valence-electron chi connectivity index (χ1n) is 6.38. The van der Waals surface area contributed by atoms with Crippen LogP contribution in [0.15, 0.2) is 28.8 Å². The number of nitrogens with one attached hydrogen (secondary N) is 1. The first-order chi connectivity index (χ1) is 10.4. The van der Waals surface area contributed by atoms with Crippen LogP contribution in [0.2, 0.25) is 0 Å². The summed E-state index contributed by atoms with van der Waals surface area (Å²) in [4.78, 5) is 25.1. The van der Waals surface area contributed by atoms with Crippen LogP contribution >= 0.6 is 0 Å². The van der Waals surface area contributed by atoms with Gasteiger partial charge in [-0.25, -0.2) is 0 Å². The van der Waals surface area contributed by atoms with Gasteiger partial charge in [-0.05, 0) is 19.1 Å². The molecule has 0 saturated carbocycles. The Morgan fingerprint density at radius 3 is 2.73 bits per heavy atom. The maximum absolute atomic E-state index is 12.2. The van der Waals surface area contributed by atoms with E-state index in [-0.39, 0.29) is 17.9 Å². The molecule has 2 aromatic rings. The van der Waals surface area contributed by atoms with Crippen LogP contribution in [0.5, 0.6) is 11.5 Å². The Bertz CT molecular complexity index is 710. The molecule has 1 aromatic carbocycles. The number of carbonyl (C=O) groups excluding carboxylic acids is 2. The van der Waals surface area contributed by atoms with Gasteiger partial charge in [-0.2, -0.15) is 0 Å². The number of amides is 2. The minimum absolute atomic E-state index is 0.0902. The van der Waals surface area contributed by atoms with Crippen LogP contribution < -0.4 is 5.32 Å². The second kappa shape index (κ2) is 6.17. The van der Waals surface area contributed by atoms with Crippen LogP contribution in [0.1, 0.15) is 16.1 Å². The Labute approximate surface area is 125 Å². The molecule has 1 heterocycles. The molecule has 22 heavy (non-hydrogen) atoms. The molecule has 2 rings (SSSR count). The summed E-state index contributed by atoms with van der Waals surface area (Å²) < 4.78 is 4.81. The van der Waals surface area contributed by atoms with Crippen molar-refractivity contribution in [2.45, 2.75) is 6.92 Å². The van der Waals surface area contributed by atoms with Crippen molar-refractivity contribution in [3.8, 4) is 11.5 Å². The third-order valence-electron chi connectivity index (χ3n) is 2.87. The lowest BCUT2D eigenvalue weighted by Crippen LogP contribution is -2.35. The number of hydrogen-bond acceptors (Lipinski definition) is 6. The highest BCUT2D eigenvalue weighted by Crippen LogP contribution is 2.28. The largest absolute Gasteiger partial charge is 0.504 e. The number of aryl methyl sites for hydroxylation is 1. The smallest absolute Gasteiger partial charge is 0.257 e. The predicted molar refractivity (Wildman–Crippen MR) is 76.6 cm³/mol. The minimum atomic E-state index is -0.597. The SMILES string of the molecule is Cc1cc(NC(=O)CN(C)C(=O)c2cccc(O)c2O)no1. The molecule has 0 unspecified atom stereocenters. The Kier molecular flexibility index (Phi) is 4.31. The third kappa shape index (κ3) is 3.35. The van der Waals surface area contributed by atoms with E-state index in [1.807, 2.05) is 0 Å². The molecule has 3 N–H and O–H groups in total. The number of likely N-dealkylation sites (N-methyl/N-ethyl adjacent to an activating group) is 1. The highest BCUT2D eigenvalue weighted by atomic mass is 16.5. The van der Waals surface area contributed by atoms with Gasteiger partial charge in [0.15, 0.2) is 17.3 Å². The van der Waals surface area contributed by atoms with Gasteiger partial charge in [-0.15, -0.1) is 0 Å². The van der Waals surface area contributed by atoms with Gasteiger partial charge in [0, 0.05) is 13.1 Å². The van der Waals surface area contributed by atoms with Gasteiger partial charge in [-0.1, -0.05) is 11.2 Å². The summed E-state index contributed by atoms with van der Waals surface area (Å²) in [6.07, 6.45) is 0. The molecule has 2 amide bonds. The van der Waals surface area contributed by atoms with Gasteiger partial charge in [0.1, 0.15) is 5.76 Å². The van der Waals surface area contributed by atoms with E-state index >= 15 is 0 Å². The van der Waals surface area contributed by atoms with Gasteiger partial charge < -0.3 is 25.0 Å². The second-order valence-electron chi connectivity index (χ2n) is 4.71. The summed E-state index contributed by atoms with van der Waals surface area (Å²) in [6.45, 7) is 1.43. The number of benzene rings is 1. The number of carbonyl (C=O) groups is 2. The van der Waals surface area contributed by atoms with E-state index < -0.39 is 23.3 Å². The molecule has 0 saturated heterocycles. The molecule has 116 valence electrons. The Morgan fingerprint density at radius 1 is 1.36 bits per heavy atom. The van der Waals surface area contributed by atoms with Gasteiger partial charge in [0.2, 0.25) is 5.91 Å². The number of rotatable bonds is 4. The zero-order valence-electron chi connectivity index (χ0n) is 12.0. The molecule has 8 heteroatoms. The molecule has 0 aliphatic carbocycles. The number of hydrogen-bond donors (Lipinski definition) is 3. The van der Waals surface area contributed by atoms with Crippen molar-refractivity contribution in [2.24, 2.45) is 0 Å². The van der Waals surface area contributed by atoms with Crippen LogP contribution in [0.25, 0.3) is 0 Å². The summed E-state index contributed by atoms with van der Waals surface area (Å²) in [5.74, 6) is -1.19.